The molecule has 6 nitrogen and oxygen atoms in total. The highest BCUT2D eigenvalue weighted by Crippen LogP contribution is 2.22. The van der Waals surface area contributed by atoms with Crippen molar-refractivity contribution < 1.29 is 14.3 Å². The van der Waals surface area contributed by atoms with Crippen LogP contribution in [-0.4, -0.2) is 28.4 Å². The van der Waals surface area contributed by atoms with Gasteiger partial charge in [0.1, 0.15) is 11.3 Å². The van der Waals surface area contributed by atoms with Gasteiger partial charge < -0.3 is 10.1 Å². The summed E-state index contributed by atoms with van der Waals surface area (Å²) in [6.45, 7) is 3.92. The molecule has 0 atom stereocenters. The number of carbonyl (C=O) groups excluding carboxylic acids is 2. The number of hydrogen-bond donors (Lipinski definition) is 1. The van der Waals surface area contributed by atoms with E-state index in [4.69, 9.17) is 0 Å². The number of nitrogens with zero attached hydrogens (tertiary/aromatic N) is 2. The number of pyridine rings is 1. The standard InChI is InChI=1S/C19H18BrN3O3/c1-4-15-16(23-10-13(20)9-11(2)17(23)22-15)18(24)21-14-7-5-12(6-8-14)19(25)26-3/h5-10H,4H2,1-3H3,(H,21,24). The minimum Gasteiger partial charge on any atom is -0.465 e. The SMILES string of the molecule is CCc1nc2c(C)cc(Br)cn2c1C(=O)Nc1ccc(C(=O)OC)cc1. The number of amides is 1. The van der Waals surface area contributed by atoms with Crippen LogP contribution in [0.1, 0.15) is 39.0 Å². The van der Waals surface area contributed by atoms with E-state index in [9.17, 15) is 9.59 Å². The van der Waals surface area contributed by atoms with Crippen molar-refractivity contribution >= 4 is 39.1 Å². The zero-order chi connectivity index (χ0) is 18.8. The van der Waals surface area contributed by atoms with Crippen molar-refractivity contribution in [2.45, 2.75) is 20.3 Å². The van der Waals surface area contributed by atoms with Gasteiger partial charge in [-0.3, -0.25) is 9.20 Å². The lowest BCUT2D eigenvalue weighted by Crippen LogP contribution is -2.16. The van der Waals surface area contributed by atoms with Crippen LogP contribution in [0.4, 0.5) is 5.69 Å². The summed E-state index contributed by atoms with van der Waals surface area (Å²) >= 11 is 3.47. The number of imidazole rings is 1. The fourth-order valence-electron chi connectivity index (χ4n) is 2.80. The van der Waals surface area contributed by atoms with Crippen molar-refractivity contribution in [1.29, 1.82) is 0 Å². The number of halogens is 1. The Bertz CT molecular complexity index is 993. The second kappa shape index (κ2) is 7.29. The molecule has 134 valence electrons. The van der Waals surface area contributed by atoms with Crippen LogP contribution in [0.15, 0.2) is 41.0 Å². The van der Waals surface area contributed by atoms with Gasteiger partial charge in [0.05, 0.1) is 18.4 Å². The minimum absolute atomic E-state index is 0.252. The van der Waals surface area contributed by atoms with E-state index in [0.717, 1.165) is 21.4 Å². The number of aromatic nitrogens is 2. The van der Waals surface area contributed by atoms with Crippen LogP contribution in [0, 0.1) is 6.92 Å². The van der Waals surface area contributed by atoms with Gasteiger partial charge in [0.15, 0.2) is 0 Å². The highest BCUT2D eigenvalue weighted by atomic mass is 79.9. The maximum atomic E-state index is 12.9. The molecule has 3 aromatic rings. The normalized spacial score (nSPS) is 10.8. The molecule has 2 heterocycles. The highest BCUT2D eigenvalue weighted by molar-refractivity contribution is 9.10. The van der Waals surface area contributed by atoms with Crippen molar-refractivity contribution in [3.05, 3.63) is 63.5 Å². The first-order valence-corrected chi connectivity index (χ1v) is 8.90. The van der Waals surface area contributed by atoms with Gasteiger partial charge in [-0.05, 0) is 65.2 Å². The van der Waals surface area contributed by atoms with Gasteiger partial charge in [-0.25, -0.2) is 9.78 Å². The van der Waals surface area contributed by atoms with E-state index in [-0.39, 0.29) is 5.91 Å². The quantitative estimate of drug-likeness (QED) is 0.653. The molecule has 2 aromatic heterocycles. The number of benzene rings is 1. The lowest BCUT2D eigenvalue weighted by atomic mass is 10.2. The van der Waals surface area contributed by atoms with Gasteiger partial charge in [-0.15, -0.1) is 0 Å². The number of anilines is 1. The van der Waals surface area contributed by atoms with Gasteiger partial charge in [0.2, 0.25) is 0 Å². The Hall–Kier alpha value is -2.67. The van der Waals surface area contributed by atoms with Crippen molar-refractivity contribution in [1.82, 2.24) is 9.38 Å². The fourth-order valence-corrected chi connectivity index (χ4v) is 3.35. The molecule has 0 bridgehead atoms. The van der Waals surface area contributed by atoms with E-state index in [1.165, 1.54) is 7.11 Å². The van der Waals surface area contributed by atoms with E-state index in [1.807, 2.05) is 26.1 Å². The summed E-state index contributed by atoms with van der Waals surface area (Å²) in [4.78, 5) is 29.0. The molecule has 0 unspecified atom stereocenters. The van der Waals surface area contributed by atoms with E-state index < -0.39 is 5.97 Å². The number of fused-ring (bicyclic) bond motifs is 1. The van der Waals surface area contributed by atoms with Crippen LogP contribution in [0.3, 0.4) is 0 Å². The predicted octanol–water partition coefficient (Wildman–Crippen LogP) is 4.01. The number of nitrogens with one attached hydrogen (secondary N) is 1. The Morgan fingerprint density at radius 2 is 1.96 bits per heavy atom. The van der Waals surface area contributed by atoms with E-state index in [1.54, 1.807) is 28.7 Å². The summed E-state index contributed by atoms with van der Waals surface area (Å²) in [5, 5.41) is 2.87. The Kier molecular flexibility index (Phi) is 5.08. The number of ether oxygens (including phenoxy) is 1. The van der Waals surface area contributed by atoms with Crippen LogP contribution in [0.5, 0.6) is 0 Å². The molecule has 0 radical (unpaired) electrons. The Morgan fingerprint density at radius 3 is 2.58 bits per heavy atom. The lowest BCUT2D eigenvalue weighted by Gasteiger charge is -2.08. The smallest absolute Gasteiger partial charge is 0.337 e. The molecule has 0 saturated carbocycles. The zero-order valence-electron chi connectivity index (χ0n) is 14.7. The molecule has 0 spiro atoms. The Labute approximate surface area is 159 Å². The molecule has 3 rings (SSSR count). The number of hydrogen-bond acceptors (Lipinski definition) is 4. The average molecular weight is 416 g/mol. The third-order valence-electron chi connectivity index (χ3n) is 4.06. The summed E-state index contributed by atoms with van der Waals surface area (Å²) in [6, 6.07) is 8.52. The first-order valence-electron chi connectivity index (χ1n) is 8.11. The van der Waals surface area contributed by atoms with Crippen LogP contribution in [0.25, 0.3) is 5.65 Å². The predicted molar refractivity (Wildman–Crippen MR) is 103 cm³/mol. The summed E-state index contributed by atoms with van der Waals surface area (Å²) in [5.41, 5.74) is 3.99. The van der Waals surface area contributed by atoms with Crippen molar-refractivity contribution in [2.75, 3.05) is 12.4 Å². The Morgan fingerprint density at radius 1 is 1.27 bits per heavy atom. The number of methoxy groups -OCH3 is 1. The molecular weight excluding hydrogens is 398 g/mol. The molecule has 7 heteroatoms. The van der Waals surface area contributed by atoms with E-state index >= 15 is 0 Å². The maximum Gasteiger partial charge on any atom is 0.337 e. The number of rotatable bonds is 4. The summed E-state index contributed by atoms with van der Waals surface area (Å²) in [5.74, 6) is -0.670. The molecule has 0 aliphatic rings. The van der Waals surface area contributed by atoms with Gasteiger partial charge in [-0.1, -0.05) is 6.92 Å². The highest BCUT2D eigenvalue weighted by Gasteiger charge is 2.20. The van der Waals surface area contributed by atoms with Crippen molar-refractivity contribution in [3.8, 4) is 0 Å². The first-order chi connectivity index (χ1) is 12.4. The fraction of sp³-hybridized carbons (Fsp3) is 0.211. The molecule has 1 N–H and O–H groups in total. The minimum atomic E-state index is -0.418. The topological polar surface area (TPSA) is 72.7 Å². The molecular formula is C19H18BrN3O3. The van der Waals surface area contributed by atoms with Gasteiger partial charge >= 0.3 is 5.97 Å². The largest absolute Gasteiger partial charge is 0.465 e. The third kappa shape index (κ3) is 3.35. The van der Waals surface area contributed by atoms with Crippen molar-refractivity contribution in [2.24, 2.45) is 0 Å². The van der Waals surface area contributed by atoms with Gasteiger partial charge in [-0.2, -0.15) is 0 Å². The monoisotopic (exact) mass is 415 g/mol. The average Bonchev–Trinajstić information content (AvgIpc) is 3.00. The number of esters is 1. The van der Waals surface area contributed by atoms with Crippen molar-refractivity contribution in [3.63, 3.8) is 0 Å². The summed E-state index contributed by atoms with van der Waals surface area (Å²) in [7, 11) is 1.33. The zero-order valence-corrected chi connectivity index (χ0v) is 16.3. The molecule has 26 heavy (non-hydrogen) atoms. The van der Waals surface area contributed by atoms with Crippen LogP contribution in [-0.2, 0) is 11.2 Å². The third-order valence-corrected chi connectivity index (χ3v) is 4.49. The molecule has 0 saturated heterocycles. The van der Waals surface area contributed by atoms with Crippen LogP contribution < -0.4 is 5.32 Å². The number of aryl methyl sites for hydroxylation is 2. The second-order valence-corrected chi connectivity index (χ2v) is 6.73. The van der Waals surface area contributed by atoms with Crippen LogP contribution in [0.2, 0.25) is 0 Å². The molecule has 1 amide bonds. The molecule has 0 aliphatic heterocycles. The Balaban J connectivity index is 1.96. The van der Waals surface area contributed by atoms with E-state index in [2.05, 4.69) is 31.0 Å². The first kappa shape index (κ1) is 18.1. The lowest BCUT2D eigenvalue weighted by molar-refractivity contribution is 0.0600. The van der Waals surface area contributed by atoms with Gasteiger partial charge in [0, 0.05) is 16.4 Å². The summed E-state index contributed by atoms with van der Waals surface area (Å²) < 4.78 is 7.35. The van der Waals surface area contributed by atoms with Crippen LogP contribution >= 0.6 is 15.9 Å². The molecule has 1 aromatic carbocycles. The second-order valence-electron chi connectivity index (χ2n) is 5.82. The van der Waals surface area contributed by atoms with E-state index in [0.29, 0.717) is 23.4 Å². The molecule has 0 fully saturated rings. The summed E-state index contributed by atoms with van der Waals surface area (Å²) in [6.07, 6.45) is 2.48. The maximum absolute atomic E-state index is 12.9. The molecule has 0 aliphatic carbocycles. The number of carbonyl (C=O) groups is 2. The van der Waals surface area contributed by atoms with Gasteiger partial charge in [0.25, 0.3) is 5.91 Å².